The molecule has 4 atom stereocenters. The second-order valence-electron chi connectivity index (χ2n) is 5.34. The van der Waals surface area contributed by atoms with Gasteiger partial charge in [0.1, 0.15) is 0 Å². The largest absolute Gasteiger partial charge is 0.355 e. The molecule has 1 saturated heterocycles. The van der Waals surface area contributed by atoms with E-state index in [0.29, 0.717) is 0 Å². The van der Waals surface area contributed by atoms with Gasteiger partial charge in [0.25, 0.3) is 0 Å². The Morgan fingerprint density at radius 1 is 0.864 bits per heavy atom. The Balaban J connectivity index is 2.69. The number of rotatable bonds is 2. The molecule has 0 aromatic rings. The van der Waals surface area contributed by atoms with E-state index in [1.165, 1.54) is 14.2 Å². The van der Waals surface area contributed by atoms with Gasteiger partial charge in [-0.15, -0.1) is 0 Å². The quantitative estimate of drug-likeness (QED) is 0.730. The van der Waals surface area contributed by atoms with Gasteiger partial charge in [-0.1, -0.05) is 0 Å². The zero-order valence-electron chi connectivity index (χ0n) is 13.6. The molecule has 1 aliphatic rings. The van der Waals surface area contributed by atoms with E-state index in [0.717, 1.165) is 0 Å². The van der Waals surface area contributed by atoms with Gasteiger partial charge in [0.05, 0.1) is 26.1 Å². The summed E-state index contributed by atoms with van der Waals surface area (Å²) in [5.41, 5.74) is 0. The van der Waals surface area contributed by atoms with E-state index in [-0.39, 0.29) is 50.0 Å². The molecule has 1 fully saturated rings. The number of carbonyl (C=O) groups is 2. The molecule has 0 bridgehead atoms. The number of methoxy groups -OCH3 is 2. The lowest BCUT2D eigenvalue weighted by atomic mass is 10.3. The van der Waals surface area contributed by atoms with Crippen molar-refractivity contribution in [3.05, 3.63) is 0 Å². The monoisotopic (exact) mass is 318 g/mol. The summed E-state index contributed by atoms with van der Waals surface area (Å²) < 4.78 is 21.2. The molecule has 0 aromatic heterocycles. The Morgan fingerprint density at radius 3 is 1.55 bits per heavy atom. The summed E-state index contributed by atoms with van der Waals surface area (Å²) in [6.07, 6.45) is -1.14. The molecule has 128 valence electrons. The lowest BCUT2D eigenvalue weighted by Gasteiger charge is -2.24. The van der Waals surface area contributed by atoms with Gasteiger partial charge in [-0.25, -0.2) is 0 Å². The Bertz CT molecular complexity index is 331. The number of nitrogens with one attached hydrogen (secondary N) is 2. The normalized spacial score (nSPS) is 32.7. The lowest BCUT2D eigenvalue weighted by molar-refractivity contribution is -0.159. The Hall–Kier alpha value is -1.22. The molecule has 0 spiro atoms. The minimum atomic E-state index is -0.651. The molecule has 1 aliphatic heterocycles. The first-order valence-corrected chi connectivity index (χ1v) is 7.32. The third-order valence-electron chi connectivity index (χ3n) is 3.11. The van der Waals surface area contributed by atoms with Crippen LogP contribution in [-0.4, -0.2) is 63.9 Å². The molecule has 0 aliphatic carbocycles. The third-order valence-corrected chi connectivity index (χ3v) is 3.11. The third kappa shape index (κ3) is 7.17. The van der Waals surface area contributed by atoms with Crippen LogP contribution in [0.1, 0.15) is 26.7 Å². The van der Waals surface area contributed by atoms with Crippen LogP contribution < -0.4 is 10.6 Å². The molecule has 1 rings (SSSR count). The first kappa shape index (κ1) is 18.8. The van der Waals surface area contributed by atoms with Crippen molar-refractivity contribution < 1.29 is 28.5 Å². The van der Waals surface area contributed by atoms with Gasteiger partial charge in [-0.2, -0.15) is 0 Å². The van der Waals surface area contributed by atoms with Crippen molar-refractivity contribution in [2.75, 3.05) is 27.4 Å². The highest BCUT2D eigenvalue weighted by Crippen LogP contribution is 2.05. The first-order chi connectivity index (χ1) is 10.4. The maximum Gasteiger partial charge on any atom is 0.225 e. The highest BCUT2D eigenvalue weighted by atomic mass is 16.7. The van der Waals surface area contributed by atoms with Crippen LogP contribution in [0.15, 0.2) is 0 Å². The fourth-order valence-electron chi connectivity index (χ4n) is 1.98. The Labute approximate surface area is 130 Å². The van der Waals surface area contributed by atoms with Crippen LogP contribution in [0.25, 0.3) is 0 Å². The standard InChI is InChI=1S/C14H26N2O6/c1-9-7-21-13(19-3)6-12(18)16-10(2)8-22-14(20-4)5-11(17)15-9/h9-10,13-14H,5-8H2,1-4H3,(H,15,17)(H,16,18)/t9-,10-,13?,14?/m0/s1. The second-order valence-corrected chi connectivity index (χ2v) is 5.34. The molecule has 0 saturated carbocycles. The average molecular weight is 318 g/mol. The fraction of sp³-hybridized carbons (Fsp3) is 0.857. The van der Waals surface area contributed by atoms with Crippen LogP contribution in [0.5, 0.6) is 0 Å². The minimum Gasteiger partial charge on any atom is -0.355 e. The van der Waals surface area contributed by atoms with E-state index >= 15 is 0 Å². The van der Waals surface area contributed by atoms with Gasteiger partial charge in [0, 0.05) is 26.3 Å². The predicted molar refractivity (Wildman–Crippen MR) is 77.9 cm³/mol. The van der Waals surface area contributed by atoms with Crippen molar-refractivity contribution in [2.45, 2.75) is 51.4 Å². The topological polar surface area (TPSA) is 95.1 Å². The van der Waals surface area contributed by atoms with E-state index in [1.54, 1.807) is 13.8 Å². The molecule has 0 radical (unpaired) electrons. The van der Waals surface area contributed by atoms with Crippen molar-refractivity contribution in [3.63, 3.8) is 0 Å². The summed E-state index contributed by atoms with van der Waals surface area (Å²) in [6.45, 7) is 4.10. The van der Waals surface area contributed by atoms with E-state index in [1.807, 2.05) is 0 Å². The van der Waals surface area contributed by atoms with Gasteiger partial charge in [-0.3, -0.25) is 9.59 Å². The van der Waals surface area contributed by atoms with Crippen molar-refractivity contribution in [1.82, 2.24) is 10.6 Å². The fourth-order valence-corrected chi connectivity index (χ4v) is 1.98. The number of carbonyl (C=O) groups excluding carboxylic acids is 2. The minimum absolute atomic E-state index is 0.0786. The zero-order chi connectivity index (χ0) is 16.5. The summed E-state index contributed by atoms with van der Waals surface area (Å²) in [7, 11) is 2.94. The number of hydrogen-bond acceptors (Lipinski definition) is 6. The van der Waals surface area contributed by atoms with Gasteiger partial charge < -0.3 is 29.6 Å². The van der Waals surface area contributed by atoms with Gasteiger partial charge in [0.15, 0.2) is 12.6 Å². The molecular formula is C14H26N2O6. The molecule has 2 N–H and O–H groups in total. The summed E-state index contributed by atoms with van der Waals surface area (Å²) >= 11 is 0. The van der Waals surface area contributed by atoms with Crippen LogP contribution in [0.4, 0.5) is 0 Å². The summed E-state index contributed by atoms with van der Waals surface area (Å²) in [5, 5.41) is 5.57. The lowest BCUT2D eigenvalue weighted by Crippen LogP contribution is -2.43. The number of ether oxygens (including phenoxy) is 4. The molecular weight excluding hydrogens is 292 g/mol. The average Bonchev–Trinajstić information content (AvgIpc) is 2.46. The van der Waals surface area contributed by atoms with E-state index in [9.17, 15) is 9.59 Å². The SMILES string of the molecule is COC1CC(=O)N[C@@H](C)COC(OC)CC(=O)N[C@@H](C)CO1. The van der Waals surface area contributed by atoms with Crippen molar-refractivity contribution in [3.8, 4) is 0 Å². The second kappa shape index (κ2) is 9.73. The van der Waals surface area contributed by atoms with E-state index in [2.05, 4.69) is 10.6 Å². The first-order valence-electron chi connectivity index (χ1n) is 7.32. The molecule has 2 amide bonds. The van der Waals surface area contributed by atoms with Gasteiger partial charge in [0.2, 0.25) is 11.8 Å². The molecule has 8 nitrogen and oxygen atoms in total. The van der Waals surface area contributed by atoms with Crippen LogP contribution in [0, 0.1) is 0 Å². The van der Waals surface area contributed by atoms with Crippen LogP contribution >= 0.6 is 0 Å². The summed E-state index contributed by atoms with van der Waals surface area (Å²) in [6, 6.07) is -0.430. The number of hydrogen-bond donors (Lipinski definition) is 2. The smallest absolute Gasteiger partial charge is 0.225 e. The molecule has 2 unspecified atom stereocenters. The Kier molecular flexibility index (Phi) is 8.32. The van der Waals surface area contributed by atoms with Crippen molar-refractivity contribution >= 4 is 11.8 Å². The van der Waals surface area contributed by atoms with Crippen molar-refractivity contribution in [1.29, 1.82) is 0 Å². The Morgan fingerprint density at radius 2 is 1.23 bits per heavy atom. The highest BCUT2D eigenvalue weighted by Gasteiger charge is 2.21. The molecule has 8 heteroatoms. The predicted octanol–water partition coefficient (Wildman–Crippen LogP) is -0.232. The van der Waals surface area contributed by atoms with Crippen molar-refractivity contribution in [2.24, 2.45) is 0 Å². The summed E-state index contributed by atoms with van der Waals surface area (Å²) in [5.74, 6) is -0.378. The molecule has 1 heterocycles. The number of amides is 2. The summed E-state index contributed by atoms with van der Waals surface area (Å²) in [4.78, 5) is 23.8. The van der Waals surface area contributed by atoms with Crippen LogP contribution in [-0.2, 0) is 28.5 Å². The van der Waals surface area contributed by atoms with E-state index < -0.39 is 12.6 Å². The van der Waals surface area contributed by atoms with Crippen LogP contribution in [0.2, 0.25) is 0 Å². The maximum absolute atomic E-state index is 11.9. The maximum atomic E-state index is 11.9. The van der Waals surface area contributed by atoms with Gasteiger partial charge >= 0.3 is 0 Å². The van der Waals surface area contributed by atoms with E-state index in [4.69, 9.17) is 18.9 Å². The highest BCUT2D eigenvalue weighted by molar-refractivity contribution is 5.77. The van der Waals surface area contributed by atoms with Crippen LogP contribution in [0.3, 0.4) is 0 Å². The zero-order valence-corrected chi connectivity index (χ0v) is 13.6. The van der Waals surface area contributed by atoms with Gasteiger partial charge in [-0.05, 0) is 13.8 Å². The molecule has 22 heavy (non-hydrogen) atoms. The molecule has 0 aromatic carbocycles.